The Balaban J connectivity index is 2.04. The molecule has 0 amide bonds. The second kappa shape index (κ2) is 6.44. The van der Waals surface area contributed by atoms with Crippen LogP contribution >= 0.6 is 0 Å². The maximum atomic E-state index is 10.6. The molecule has 0 saturated carbocycles. The number of benzene rings is 2. The minimum absolute atomic E-state index is 0.149. The van der Waals surface area contributed by atoms with Crippen LogP contribution < -0.4 is 4.74 Å². The highest BCUT2D eigenvalue weighted by molar-refractivity contribution is 5.67. The van der Waals surface area contributed by atoms with Gasteiger partial charge in [-0.25, -0.2) is 0 Å². The van der Waals surface area contributed by atoms with Gasteiger partial charge in [-0.1, -0.05) is 42.5 Å². The summed E-state index contributed by atoms with van der Waals surface area (Å²) in [6.45, 7) is 4.06. The Hall–Kier alpha value is -2.29. The summed E-state index contributed by atoms with van der Waals surface area (Å²) in [6.07, 6.45) is 0.688. The minimum atomic E-state index is -0.777. The predicted octanol–water partition coefficient (Wildman–Crippen LogP) is 4.02. The Labute approximate surface area is 125 Å². The van der Waals surface area contributed by atoms with Crippen molar-refractivity contribution in [2.75, 3.05) is 0 Å². The number of hydrogen-bond acceptors (Lipinski definition) is 2. The molecule has 0 atom stereocenters. The van der Waals surface area contributed by atoms with Crippen LogP contribution in [-0.4, -0.2) is 11.1 Å². The highest BCUT2D eigenvalue weighted by Crippen LogP contribution is 2.27. The fourth-order valence-corrected chi connectivity index (χ4v) is 2.17. The van der Waals surface area contributed by atoms with Crippen LogP contribution in [0.25, 0.3) is 0 Å². The van der Waals surface area contributed by atoms with E-state index in [1.807, 2.05) is 68.4 Å². The van der Waals surface area contributed by atoms with Gasteiger partial charge in [0.05, 0.1) is 0 Å². The molecule has 0 spiro atoms. The number of aryl methyl sites for hydroxylation is 1. The van der Waals surface area contributed by atoms with Crippen molar-refractivity contribution < 1.29 is 14.6 Å². The third kappa shape index (κ3) is 4.35. The number of ether oxygens (including phenoxy) is 1. The van der Waals surface area contributed by atoms with Crippen molar-refractivity contribution >= 4 is 5.97 Å². The second-order valence-corrected chi connectivity index (χ2v) is 5.52. The zero-order valence-electron chi connectivity index (χ0n) is 12.4. The fraction of sp³-hybridized carbons (Fsp3) is 0.278. The van der Waals surface area contributed by atoms with Gasteiger partial charge in [-0.2, -0.15) is 0 Å². The Bertz CT molecular complexity index is 586. The lowest BCUT2D eigenvalue weighted by Crippen LogP contribution is -2.25. The van der Waals surface area contributed by atoms with Gasteiger partial charge in [-0.3, -0.25) is 4.79 Å². The monoisotopic (exact) mass is 284 g/mol. The summed E-state index contributed by atoms with van der Waals surface area (Å²) in [5, 5.41) is 8.68. The molecule has 2 aromatic carbocycles. The van der Waals surface area contributed by atoms with Crippen LogP contribution in [0.15, 0.2) is 54.6 Å². The fourth-order valence-electron chi connectivity index (χ4n) is 2.17. The lowest BCUT2D eigenvalue weighted by molar-refractivity contribution is -0.136. The van der Waals surface area contributed by atoms with Crippen molar-refractivity contribution in [1.29, 1.82) is 0 Å². The van der Waals surface area contributed by atoms with Gasteiger partial charge in [-0.05, 0) is 43.5 Å². The molecule has 0 aliphatic heterocycles. The van der Waals surface area contributed by atoms with Crippen LogP contribution in [-0.2, 0) is 16.8 Å². The SMILES string of the molecule is CC(C)(Oc1ccc(CCC(=O)O)cc1)c1ccccc1. The highest BCUT2D eigenvalue weighted by Gasteiger charge is 2.22. The summed E-state index contributed by atoms with van der Waals surface area (Å²) in [5.41, 5.74) is 1.70. The third-order valence-corrected chi connectivity index (χ3v) is 3.39. The van der Waals surface area contributed by atoms with Gasteiger partial charge in [-0.15, -0.1) is 0 Å². The van der Waals surface area contributed by atoms with Crippen LogP contribution in [0.4, 0.5) is 0 Å². The van der Waals surface area contributed by atoms with E-state index >= 15 is 0 Å². The van der Waals surface area contributed by atoms with Crippen molar-refractivity contribution in [1.82, 2.24) is 0 Å². The molecular weight excluding hydrogens is 264 g/mol. The van der Waals surface area contributed by atoms with Gasteiger partial charge in [0.2, 0.25) is 0 Å². The molecule has 0 aliphatic carbocycles. The molecule has 21 heavy (non-hydrogen) atoms. The standard InChI is InChI=1S/C18H20O3/c1-18(2,15-6-4-3-5-7-15)21-16-11-8-14(9-12-16)10-13-17(19)20/h3-9,11-12H,10,13H2,1-2H3,(H,19,20). The van der Waals surface area contributed by atoms with Crippen LogP contribution in [0.1, 0.15) is 31.4 Å². The van der Waals surface area contributed by atoms with E-state index < -0.39 is 11.6 Å². The summed E-state index contributed by atoms with van der Waals surface area (Å²) in [7, 11) is 0. The zero-order valence-corrected chi connectivity index (χ0v) is 12.4. The van der Waals surface area contributed by atoms with Crippen LogP contribution in [0.3, 0.4) is 0 Å². The number of aliphatic carboxylic acids is 1. The van der Waals surface area contributed by atoms with Crippen molar-refractivity contribution in [2.45, 2.75) is 32.3 Å². The Morgan fingerprint density at radius 2 is 1.67 bits per heavy atom. The second-order valence-electron chi connectivity index (χ2n) is 5.52. The van der Waals surface area contributed by atoms with Gasteiger partial charge in [0.15, 0.2) is 0 Å². The smallest absolute Gasteiger partial charge is 0.303 e. The van der Waals surface area contributed by atoms with E-state index in [1.54, 1.807) is 0 Å². The Morgan fingerprint density at radius 1 is 1.05 bits per heavy atom. The molecule has 0 heterocycles. The zero-order chi connectivity index (χ0) is 15.3. The average molecular weight is 284 g/mol. The third-order valence-electron chi connectivity index (χ3n) is 3.39. The van der Waals surface area contributed by atoms with Crippen molar-refractivity contribution in [3.63, 3.8) is 0 Å². The van der Waals surface area contributed by atoms with Crippen LogP contribution in [0.2, 0.25) is 0 Å². The summed E-state index contributed by atoms with van der Waals surface area (Å²) >= 11 is 0. The van der Waals surface area contributed by atoms with E-state index in [0.717, 1.165) is 16.9 Å². The van der Waals surface area contributed by atoms with Crippen molar-refractivity contribution in [3.05, 3.63) is 65.7 Å². The van der Waals surface area contributed by atoms with Crippen LogP contribution in [0, 0.1) is 0 Å². The Morgan fingerprint density at radius 3 is 2.24 bits per heavy atom. The number of carboxylic acids is 1. The maximum absolute atomic E-state index is 10.6. The first-order valence-corrected chi connectivity index (χ1v) is 7.03. The normalized spacial score (nSPS) is 11.1. The molecule has 3 heteroatoms. The summed E-state index contributed by atoms with van der Waals surface area (Å²) in [4.78, 5) is 10.6. The topological polar surface area (TPSA) is 46.5 Å². The van der Waals surface area contributed by atoms with Crippen LogP contribution in [0.5, 0.6) is 5.75 Å². The summed E-state index contributed by atoms with van der Waals surface area (Å²) in [5.74, 6) is 0.00321. The van der Waals surface area contributed by atoms with Gasteiger partial charge >= 0.3 is 5.97 Å². The average Bonchev–Trinajstić information content (AvgIpc) is 2.47. The maximum Gasteiger partial charge on any atom is 0.303 e. The molecular formula is C18H20O3. The highest BCUT2D eigenvalue weighted by atomic mass is 16.5. The molecule has 110 valence electrons. The molecule has 0 radical (unpaired) electrons. The first-order valence-electron chi connectivity index (χ1n) is 7.03. The molecule has 0 bridgehead atoms. The van der Waals surface area contributed by atoms with Gasteiger partial charge in [0.25, 0.3) is 0 Å². The first-order chi connectivity index (χ1) is 9.97. The molecule has 0 unspecified atom stereocenters. The summed E-state index contributed by atoms with van der Waals surface area (Å²) in [6, 6.07) is 17.7. The lowest BCUT2D eigenvalue weighted by Gasteiger charge is -2.27. The largest absolute Gasteiger partial charge is 0.483 e. The summed E-state index contributed by atoms with van der Waals surface area (Å²) < 4.78 is 6.05. The number of rotatable bonds is 6. The van der Waals surface area contributed by atoms with E-state index in [9.17, 15) is 4.79 Å². The number of hydrogen-bond donors (Lipinski definition) is 1. The number of carbonyl (C=O) groups is 1. The van der Waals surface area contributed by atoms with Crippen molar-refractivity contribution in [3.8, 4) is 5.75 Å². The predicted molar refractivity (Wildman–Crippen MR) is 82.5 cm³/mol. The molecule has 0 aromatic heterocycles. The number of carboxylic acid groups (broad SMARTS) is 1. The van der Waals surface area contributed by atoms with E-state index in [4.69, 9.17) is 9.84 Å². The van der Waals surface area contributed by atoms with E-state index in [0.29, 0.717) is 6.42 Å². The Kier molecular flexibility index (Phi) is 4.63. The molecule has 0 aliphatic rings. The molecule has 0 saturated heterocycles. The van der Waals surface area contributed by atoms with Gasteiger partial charge in [0, 0.05) is 6.42 Å². The van der Waals surface area contributed by atoms with Crippen molar-refractivity contribution in [2.24, 2.45) is 0 Å². The van der Waals surface area contributed by atoms with E-state index in [1.165, 1.54) is 0 Å². The molecule has 3 nitrogen and oxygen atoms in total. The quantitative estimate of drug-likeness (QED) is 0.871. The lowest BCUT2D eigenvalue weighted by atomic mass is 9.98. The van der Waals surface area contributed by atoms with E-state index in [2.05, 4.69) is 0 Å². The van der Waals surface area contributed by atoms with Gasteiger partial charge in [0.1, 0.15) is 11.4 Å². The molecule has 2 rings (SSSR count). The molecule has 0 fully saturated rings. The first kappa shape index (κ1) is 15.1. The van der Waals surface area contributed by atoms with Gasteiger partial charge < -0.3 is 9.84 Å². The van der Waals surface area contributed by atoms with E-state index in [-0.39, 0.29) is 6.42 Å². The molecule has 2 aromatic rings. The minimum Gasteiger partial charge on any atom is -0.483 e. The molecule has 1 N–H and O–H groups in total.